The van der Waals surface area contributed by atoms with E-state index >= 15 is 0 Å². The van der Waals surface area contributed by atoms with Crippen molar-refractivity contribution >= 4 is 11.9 Å². The first-order chi connectivity index (χ1) is 8.11. The van der Waals surface area contributed by atoms with E-state index in [-0.39, 0.29) is 11.9 Å². The van der Waals surface area contributed by atoms with Crippen molar-refractivity contribution in [1.29, 1.82) is 0 Å². The molecule has 0 aromatic carbocycles. The van der Waals surface area contributed by atoms with Gasteiger partial charge < -0.3 is 9.64 Å². The Morgan fingerprint density at radius 3 is 2.76 bits per heavy atom. The highest BCUT2D eigenvalue weighted by Crippen LogP contribution is 2.21. The fourth-order valence-electron chi connectivity index (χ4n) is 1.88. The standard InChI is InChI=1S/C11H16N4O2/c1-7-8(2)13-14-11(12-7)15-5-4-9(6-15)10(16)17-3/h9H,4-6H2,1-3H3. The van der Waals surface area contributed by atoms with Crippen molar-refractivity contribution in [3.63, 3.8) is 0 Å². The highest BCUT2D eigenvalue weighted by Gasteiger charge is 2.30. The molecule has 1 aliphatic heterocycles. The Balaban J connectivity index is 2.10. The molecule has 1 saturated heterocycles. The molecule has 1 aromatic rings. The highest BCUT2D eigenvalue weighted by atomic mass is 16.5. The molecule has 0 bridgehead atoms. The van der Waals surface area contributed by atoms with Crippen LogP contribution in [0.1, 0.15) is 17.8 Å². The highest BCUT2D eigenvalue weighted by molar-refractivity contribution is 5.73. The average molecular weight is 236 g/mol. The van der Waals surface area contributed by atoms with Crippen LogP contribution in [0.5, 0.6) is 0 Å². The quantitative estimate of drug-likeness (QED) is 0.696. The maximum absolute atomic E-state index is 11.4. The minimum absolute atomic E-state index is 0.0785. The van der Waals surface area contributed by atoms with E-state index in [0.717, 1.165) is 24.4 Å². The molecule has 1 atom stereocenters. The lowest BCUT2D eigenvalue weighted by atomic mass is 10.1. The first-order valence-corrected chi connectivity index (χ1v) is 5.62. The smallest absolute Gasteiger partial charge is 0.310 e. The minimum Gasteiger partial charge on any atom is -0.469 e. The fourth-order valence-corrected chi connectivity index (χ4v) is 1.88. The molecule has 0 saturated carbocycles. The molecule has 92 valence electrons. The van der Waals surface area contributed by atoms with E-state index in [1.165, 1.54) is 7.11 Å². The van der Waals surface area contributed by atoms with Gasteiger partial charge in [-0.3, -0.25) is 4.79 Å². The number of carbonyl (C=O) groups excluding carboxylic acids is 1. The van der Waals surface area contributed by atoms with Crippen molar-refractivity contribution in [2.45, 2.75) is 20.3 Å². The molecule has 1 aliphatic rings. The van der Waals surface area contributed by atoms with E-state index in [4.69, 9.17) is 4.74 Å². The topological polar surface area (TPSA) is 68.2 Å². The Hall–Kier alpha value is -1.72. The summed E-state index contributed by atoms with van der Waals surface area (Å²) in [5.74, 6) is 0.356. The molecule has 1 fully saturated rings. The molecule has 0 spiro atoms. The zero-order valence-corrected chi connectivity index (χ0v) is 10.3. The lowest BCUT2D eigenvalue weighted by Crippen LogP contribution is -2.25. The normalized spacial score (nSPS) is 19.5. The molecule has 0 amide bonds. The average Bonchev–Trinajstić information content (AvgIpc) is 2.81. The molecule has 0 radical (unpaired) electrons. The Labute approximate surface area is 100 Å². The second-order valence-electron chi connectivity index (χ2n) is 4.24. The Morgan fingerprint density at radius 1 is 1.35 bits per heavy atom. The third-order valence-electron chi connectivity index (χ3n) is 3.09. The molecule has 1 unspecified atom stereocenters. The van der Waals surface area contributed by atoms with Crippen molar-refractivity contribution in [2.75, 3.05) is 25.1 Å². The number of aromatic nitrogens is 3. The van der Waals surface area contributed by atoms with Crippen LogP contribution in [0.25, 0.3) is 0 Å². The predicted molar refractivity (Wildman–Crippen MR) is 61.6 cm³/mol. The number of aryl methyl sites for hydroxylation is 2. The van der Waals surface area contributed by atoms with Crippen LogP contribution in [0.2, 0.25) is 0 Å². The van der Waals surface area contributed by atoms with Crippen molar-refractivity contribution < 1.29 is 9.53 Å². The van der Waals surface area contributed by atoms with Gasteiger partial charge in [-0.25, -0.2) is 4.98 Å². The number of esters is 1. The van der Waals surface area contributed by atoms with Crippen LogP contribution in [0, 0.1) is 19.8 Å². The van der Waals surface area contributed by atoms with Gasteiger partial charge in [0.2, 0.25) is 5.95 Å². The summed E-state index contributed by atoms with van der Waals surface area (Å²) in [5.41, 5.74) is 1.70. The summed E-state index contributed by atoms with van der Waals surface area (Å²) in [6.45, 7) is 5.16. The van der Waals surface area contributed by atoms with Crippen LogP contribution < -0.4 is 4.90 Å². The molecular formula is C11H16N4O2. The Bertz CT molecular complexity index is 435. The summed E-state index contributed by atoms with van der Waals surface area (Å²) in [4.78, 5) is 17.8. The molecule has 0 N–H and O–H groups in total. The van der Waals surface area contributed by atoms with Crippen molar-refractivity contribution in [1.82, 2.24) is 15.2 Å². The second-order valence-corrected chi connectivity index (χ2v) is 4.24. The summed E-state index contributed by atoms with van der Waals surface area (Å²) in [6.07, 6.45) is 0.781. The van der Waals surface area contributed by atoms with Crippen molar-refractivity contribution in [3.05, 3.63) is 11.4 Å². The maximum Gasteiger partial charge on any atom is 0.310 e. The monoisotopic (exact) mass is 236 g/mol. The first kappa shape index (κ1) is 11.8. The van der Waals surface area contributed by atoms with E-state index in [9.17, 15) is 4.79 Å². The lowest BCUT2D eigenvalue weighted by Gasteiger charge is -2.15. The largest absolute Gasteiger partial charge is 0.469 e. The number of hydrogen-bond acceptors (Lipinski definition) is 6. The minimum atomic E-state index is -0.163. The number of nitrogens with zero attached hydrogens (tertiary/aromatic N) is 4. The van der Waals surface area contributed by atoms with Crippen LogP contribution in [-0.2, 0) is 9.53 Å². The number of methoxy groups -OCH3 is 1. The second kappa shape index (κ2) is 4.65. The van der Waals surface area contributed by atoms with Gasteiger partial charge in [0.25, 0.3) is 0 Å². The van der Waals surface area contributed by atoms with Gasteiger partial charge in [0.15, 0.2) is 0 Å². The molecule has 0 aliphatic carbocycles. The van der Waals surface area contributed by atoms with Gasteiger partial charge in [0.1, 0.15) is 0 Å². The SMILES string of the molecule is COC(=O)C1CCN(c2nnc(C)c(C)n2)C1. The Kier molecular flexibility index (Phi) is 3.21. The van der Waals surface area contributed by atoms with Crippen molar-refractivity contribution in [2.24, 2.45) is 5.92 Å². The van der Waals surface area contributed by atoms with Crippen LogP contribution in [0.3, 0.4) is 0 Å². The number of rotatable bonds is 2. The zero-order valence-electron chi connectivity index (χ0n) is 10.3. The number of ether oxygens (including phenoxy) is 1. The van der Waals surface area contributed by atoms with Crippen LogP contribution in [-0.4, -0.2) is 41.3 Å². The van der Waals surface area contributed by atoms with Gasteiger partial charge in [-0.1, -0.05) is 0 Å². The number of hydrogen-bond donors (Lipinski definition) is 0. The van der Waals surface area contributed by atoms with Crippen molar-refractivity contribution in [3.8, 4) is 0 Å². The van der Waals surface area contributed by atoms with E-state index in [2.05, 4.69) is 15.2 Å². The van der Waals surface area contributed by atoms with E-state index in [1.54, 1.807) is 0 Å². The number of carbonyl (C=O) groups is 1. The number of anilines is 1. The lowest BCUT2D eigenvalue weighted by molar-refractivity contribution is -0.144. The van der Waals surface area contributed by atoms with Crippen LogP contribution >= 0.6 is 0 Å². The summed E-state index contributed by atoms with van der Waals surface area (Å²) in [6, 6.07) is 0. The van der Waals surface area contributed by atoms with Gasteiger partial charge >= 0.3 is 5.97 Å². The van der Waals surface area contributed by atoms with Gasteiger partial charge in [-0.2, -0.15) is 5.10 Å². The predicted octanol–water partition coefficient (Wildman–Crippen LogP) is 0.488. The molecule has 17 heavy (non-hydrogen) atoms. The molecule has 6 heteroatoms. The molecule has 2 rings (SSSR count). The summed E-state index contributed by atoms with van der Waals surface area (Å²) >= 11 is 0. The summed E-state index contributed by atoms with van der Waals surface area (Å²) in [7, 11) is 1.42. The molecule has 1 aromatic heterocycles. The van der Waals surface area contributed by atoms with E-state index in [0.29, 0.717) is 12.5 Å². The Morgan fingerprint density at radius 2 is 2.12 bits per heavy atom. The van der Waals surface area contributed by atoms with Gasteiger partial charge in [-0.05, 0) is 20.3 Å². The summed E-state index contributed by atoms with van der Waals surface area (Å²) < 4.78 is 4.74. The first-order valence-electron chi connectivity index (χ1n) is 5.62. The van der Waals surface area contributed by atoms with Gasteiger partial charge in [0.05, 0.1) is 24.4 Å². The van der Waals surface area contributed by atoms with Crippen LogP contribution in [0.15, 0.2) is 0 Å². The van der Waals surface area contributed by atoms with E-state index < -0.39 is 0 Å². The van der Waals surface area contributed by atoms with Crippen LogP contribution in [0.4, 0.5) is 5.95 Å². The summed E-state index contributed by atoms with van der Waals surface area (Å²) in [5, 5.41) is 8.10. The zero-order chi connectivity index (χ0) is 12.4. The molecule has 6 nitrogen and oxygen atoms in total. The molecular weight excluding hydrogens is 220 g/mol. The van der Waals surface area contributed by atoms with Gasteiger partial charge in [0, 0.05) is 13.1 Å². The van der Waals surface area contributed by atoms with Gasteiger partial charge in [-0.15, -0.1) is 5.10 Å². The third kappa shape index (κ3) is 2.35. The maximum atomic E-state index is 11.4. The molecule has 2 heterocycles. The fraction of sp³-hybridized carbons (Fsp3) is 0.636. The van der Waals surface area contributed by atoms with E-state index in [1.807, 2.05) is 18.7 Å². The third-order valence-corrected chi connectivity index (χ3v) is 3.09.